The van der Waals surface area contributed by atoms with E-state index in [1.807, 2.05) is 0 Å². The zero-order chi connectivity index (χ0) is 13.8. The van der Waals surface area contributed by atoms with E-state index >= 15 is 0 Å². The average Bonchev–Trinajstić information content (AvgIpc) is 2.28. The summed E-state index contributed by atoms with van der Waals surface area (Å²) < 4.78 is 1.74. The molecule has 0 aliphatic carbocycles. The molecular formula is C13H17NO2SSi. The van der Waals surface area contributed by atoms with E-state index in [1.165, 1.54) is 4.73 Å². The van der Waals surface area contributed by atoms with Gasteiger partial charge in [-0.25, -0.2) is 4.79 Å². The second-order valence-corrected chi connectivity index (χ2v) is 10.2. The Balaban J connectivity index is 2.75. The van der Waals surface area contributed by atoms with Crippen molar-refractivity contribution < 1.29 is 9.63 Å². The summed E-state index contributed by atoms with van der Waals surface area (Å²) in [6.45, 7) is 8.13. The van der Waals surface area contributed by atoms with Gasteiger partial charge in [-0.05, 0) is 19.1 Å². The lowest BCUT2D eigenvalue weighted by Gasteiger charge is -2.09. The summed E-state index contributed by atoms with van der Waals surface area (Å²) in [5.41, 5.74) is 3.16. The van der Waals surface area contributed by atoms with Crippen LogP contribution in [-0.2, 0) is 4.79 Å². The van der Waals surface area contributed by atoms with Crippen molar-refractivity contribution in [2.45, 2.75) is 26.6 Å². The fourth-order valence-corrected chi connectivity index (χ4v) is 1.87. The van der Waals surface area contributed by atoms with Gasteiger partial charge in [-0.2, -0.15) is 4.73 Å². The molecule has 1 rings (SSSR count). The molecule has 3 nitrogen and oxygen atoms in total. The van der Waals surface area contributed by atoms with Crippen molar-refractivity contribution in [1.82, 2.24) is 4.73 Å². The maximum Gasteiger partial charge on any atom is 0.347 e. The van der Waals surface area contributed by atoms with Crippen molar-refractivity contribution in [2.75, 3.05) is 0 Å². The SMILES string of the molecule is CC(C#C[Si](C)(C)C)C(=O)On1ccccc1=S. The Bertz CT molecular complexity index is 548. The van der Waals surface area contributed by atoms with Crippen molar-refractivity contribution in [3.63, 3.8) is 0 Å². The topological polar surface area (TPSA) is 31.2 Å². The fraction of sp³-hybridized carbons (Fsp3) is 0.385. The number of hydrogen-bond donors (Lipinski definition) is 0. The summed E-state index contributed by atoms with van der Waals surface area (Å²) in [7, 11) is -1.47. The Kier molecular flexibility index (Phi) is 4.88. The third-order valence-corrected chi connectivity index (χ3v) is 3.20. The zero-order valence-electron chi connectivity index (χ0n) is 11.1. The second-order valence-electron chi connectivity index (χ2n) is 5.02. The van der Waals surface area contributed by atoms with Gasteiger partial charge in [0.25, 0.3) is 0 Å². The molecule has 96 valence electrons. The van der Waals surface area contributed by atoms with Crippen LogP contribution in [0.15, 0.2) is 24.4 Å². The molecule has 0 aliphatic heterocycles. The van der Waals surface area contributed by atoms with Crippen molar-refractivity contribution in [1.29, 1.82) is 0 Å². The molecule has 1 atom stereocenters. The first kappa shape index (κ1) is 14.7. The first-order valence-corrected chi connectivity index (χ1v) is 9.63. The van der Waals surface area contributed by atoms with E-state index < -0.39 is 14.0 Å². The van der Waals surface area contributed by atoms with Crippen LogP contribution < -0.4 is 4.84 Å². The van der Waals surface area contributed by atoms with E-state index in [0.29, 0.717) is 4.64 Å². The van der Waals surface area contributed by atoms with E-state index in [1.54, 1.807) is 31.3 Å². The van der Waals surface area contributed by atoms with Crippen LogP contribution in [0.4, 0.5) is 0 Å². The molecule has 1 aromatic rings. The van der Waals surface area contributed by atoms with Crippen molar-refractivity contribution in [2.24, 2.45) is 5.92 Å². The lowest BCUT2D eigenvalue weighted by Crippen LogP contribution is -2.26. The van der Waals surface area contributed by atoms with E-state index in [4.69, 9.17) is 17.1 Å². The van der Waals surface area contributed by atoms with Crippen molar-refractivity contribution >= 4 is 26.3 Å². The van der Waals surface area contributed by atoms with Crippen molar-refractivity contribution in [3.8, 4) is 11.5 Å². The molecule has 0 saturated carbocycles. The highest BCUT2D eigenvalue weighted by Gasteiger charge is 2.14. The van der Waals surface area contributed by atoms with Gasteiger partial charge in [0.2, 0.25) is 0 Å². The molecule has 1 heterocycles. The number of pyridine rings is 1. The molecule has 0 aromatic carbocycles. The molecule has 1 unspecified atom stereocenters. The molecule has 5 heteroatoms. The van der Waals surface area contributed by atoms with Gasteiger partial charge in [-0.15, -0.1) is 5.54 Å². The standard InChI is InChI=1S/C13H17NO2SSi/c1-11(8-10-18(2,3)4)13(15)16-14-9-6-5-7-12(14)17/h5-7,9,11H,1-4H3. The Labute approximate surface area is 114 Å². The van der Waals surface area contributed by atoms with Crippen LogP contribution in [0, 0.1) is 22.0 Å². The maximum absolute atomic E-state index is 11.8. The van der Waals surface area contributed by atoms with Crippen LogP contribution in [-0.4, -0.2) is 18.8 Å². The predicted octanol–water partition coefficient (Wildman–Crippen LogP) is 2.69. The molecule has 0 fully saturated rings. The van der Waals surface area contributed by atoms with Crippen LogP contribution in [0.5, 0.6) is 0 Å². The summed E-state index contributed by atoms with van der Waals surface area (Å²) in [6.07, 6.45) is 1.61. The summed E-state index contributed by atoms with van der Waals surface area (Å²) in [5, 5.41) is 0. The quantitative estimate of drug-likeness (QED) is 0.474. The molecule has 0 saturated heterocycles. The summed E-state index contributed by atoms with van der Waals surface area (Å²) in [6, 6.07) is 5.24. The minimum atomic E-state index is -1.47. The molecule has 0 spiro atoms. The molecule has 1 aromatic heterocycles. The van der Waals surface area contributed by atoms with Gasteiger partial charge in [-0.3, -0.25) is 0 Å². The molecule has 18 heavy (non-hydrogen) atoms. The average molecular weight is 279 g/mol. The van der Waals surface area contributed by atoms with Crippen LogP contribution in [0.25, 0.3) is 0 Å². The predicted molar refractivity (Wildman–Crippen MR) is 77.1 cm³/mol. The third-order valence-electron chi connectivity index (χ3n) is 1.99. The smallest absolute Gasteiger partial charge is 0.334 e. The van der Waals surface area contributed by atoms with Gasteiger partial charge >= 0.3 is 5.97 Å². The first-order valence-electron chi connectivity index (χ1n) is 5.72. The number of rotatable bonds is 2. The Morgan fingerprint density at radius 3 is 2.67 bits per heavy atom. The lowest BCUT2D eigenvalue weighted by molar-refractivity contribution is -0.146. The van der Waals surface area contributed by atoms with Gasteiger partial charge in [-0.1, -0.05) is 43.8 Å². The molecule has 0 amide bonds. The van der Waals surface area contributed by atoms with E-state index in [2.05, 4.69) is 31.1 Å². The number of aromatic nitrogens is 1. The maximum atomic E-state index is 11.8. The van der Waals surface area contributed by atoms with Crippen molar-refractivity contribution in [3.05, 3.63) is 29.0 Å². The molecular weight excluding hydrogens is 262 g/mol. The number of nitrogens with zero attached hydrogens (tertiary/aromatic N) is 1. The highest BCUT2D eigenvalue weighted by Crippen LogP contribution is 2.01. The number of carbonyl (C=O) groups excluding carboxylic acids is 1. The largest absolute Gasteiger partial charge is 0.347 e. The third kappa shape index (κ3) is 4.86. The Morgan fingerprint density at radius 2 is 2.11 bits per heavy atom. The van der Waals surface area contributed by atoms with Gasteiger partial charge in [0, 0.05) is 6.20 Å². The second kappa shape index (κ2) is 5.98. The van der Waals surface area contributed by atoms with Crippen LogP contribution in [0.1, 0.15) is 6.92 Å². The lowest BCUT2D eigenvalue weighted by atomic mass is 10.2. The first-order chi connectivity index (χ1) is 8.29. The Morgan fingerprint density at radius 1 is 1.44 bits per heavy atom. The fourth-order valence-electron chi connectivity index (χ4n) is 1.05. The van der Waals surface area contributed by atoms with Crippen LogP contribution in [0.2, 0.25) is 19.6 Å². The monoisotopic (exact) mass is 279 g/mol. The molecule has 0 bridgehead atoms. The minimum Gasteiger partial charge on any atom is -0.334 e. The number of carbonyl (C=O) groups is 1. The normalized spacial score (nSPS) is 12.2. The van der Waals surface area contributed by atoms with Gasteiger partial charge in [0.1, 0.15) is 18.6 Å². The minimum absolute atomic E-state index is 0.386. The summed E-state index contributed by atoms with van der Waals surface area (Å²) in [5.74, 6) is 2.12. The highest BCUT2D eigenvalue weighted by atomic mass is 32.1. The summed E-state index contributed by atoms with van der Waals surface area (Å²) in [4.78, 5) is 17.0. The number of hydrogen-bond acceptors (Lipinski definition) is 3. The van der Waals surface area contributed by atoms with E-state index in [-0.39, 0.29) is 5.97 Å². The van der Waals surface area contributed by atoms with Gasteiger partial charge in [0.15, 0.2) is 0 Å². The molecule has 0 N–H and O–H groups in total. The summed E-state index contributed by atoms with van der Waals surface area (Å²) >= 11 is 5.04. The van der Waals surface area contributed by atoms with Gasteiger partial charge in [0.05, 0.1) is 0 Å². The van der Waals surface area contributed by atoms with Gasteiger partial charge < -0.3 is 4.84 Å². The van der Waals surface area contributed by atoms with E-state index in [9.17, 15) is 4.79 Å². The van der Waals surface area contributed by atoms with Crippen LogP contribution in [0.3, 0.4) is 0 Å². The van der Waals surface area contributed by atoms with Crippen LogP contribution >= 0.6 is 12.2 Å². The zero-order valence-corrected chi connectivity index (χ0v) is 12.9. The molecule has 0 radical (unpaired) electrons. The Hall–Kier alpha value is -1.38. The molecule has 0 aliphatic rings. The highest BCUT2D eigenvalue weighted by molar-refractivity contribution is 7.71. The van der Waals surface area contributed by atoms with E-state index in [0.717, 1.165) is 0 Å².